The molecule has 0 radical (unpaired) electrons. The summed E-state index contributed by atoms with van der Waals surface area (Å²) in [7, 11) is 0. The first-order valence-electron chi connectivity index (χ1n) is 4.63. The molecule has 10 heteroatoms. The van der Waals surface area contributed by atoms with Gasteiger partial charge in [0.15, 0.2) is 5.75 Å². The maximum Gasteiger partial charge on any atom is 0.573 e. The monoisotopic (exact) mass is 304 g/mol. The topological polar surface area (TPSA) is 65.2 Å². The first kappa shape index (κ1) is 15.6. The maximum absolute atomic E-state index is 12.6. The van der Waals surface area contributed by atoms with Crippen LogP contribution in [0, 0.1) is 0 Å². The summed E-state index contributed by atoms with van der Waals surface area (Å²) in [6, 6.07) is 0.350. The Morgan fingerprint density at radius 1 is 1.47 bits per heavy atom. The van der Waals surface area contributed by atoms with Crippen LogP contribution in [0.5, 0.6) is 5.75 Å². The molecule has 106 valence electrons. The lowest BCUT2D eigenvalue weighted by Gasteiger charge is -2.14. The summed E-state index contributed by atoms with van der Waals surface area (Å²) in [6.45, 7) is -0.550. The summed E-state index contributed by atoms with van der Waals surface area (Å²) in [4.78, 5) is 14.2. The van der Waals surface area contributed by atoms with Crippen LogP contribution in [-0.4, -0.2) is 16.6 Å². The molecule has 1 rings (SSSR count). The molecule has 0 saturated carbocycles. The third-order valence-electron chi connectivity index (χ3n) is 1.93. The Morgan fingerprint density at radius 3 is 2.42 bits per heavy atom. The van der Waals surface area contributed by atoms with Gasteiger partial charge in [0.2, 0.25) is 0 Å². The zero-order valence-corrected chi connectivity index (χ0v) is 9.73. The molecule has 0 aromatic carbocycles. The number of rotatable bonds is 4. The second kappa shape index (κ2) is 5.66. The Morgan fingerprint density at radius 2 is 2.05 bits per heavy atom. The molecule has 1 aromatic rings. The molecule has 0 bridgehead atoms. The predicted octanol–water partition coefficient (Wildman–Crippen LogP) is 2.76. The molecule has 1 aromatic heterocycles. The van der Waals surface area contributed by atoms with Crippen molar-refractivity contribution in [2.75, 3.05) is 0 Å². The van der Waals surface area contributed by atoms with Gasteiger partial charge in [-0.1, -0.05) is 0 Å². The van der Waals surface area contributed by atoms with E-state index in [1.165, 1.54) is 0 Å². The van der Waals surface area contributed by atoms with Crippen LogP contribution in [0.15, 0.2) is 6.07 Å². The van der Waals surface area contributed by atoms with Crippen molar-refractivity contribution in [3.8, 4) is 5.75 Å². The number of carbonyl (C=O) groups is 1. The third kappa shape index (κ3) is 4.00. The van der Waals surface area contributed by atoms with E-state index in [2.05, 4.69) is 9.72 Å². The number of nitrogens with two attached hydrogens (primary N) is 1. The lowest BCUT2D eigenvalue weighted by atomic mass is 10.1. The van der Waals surface area contributed by atoms with Crippen molar-refractivity contribution in [1.29, 1.82) is 0 Å². The fourth-order valence-corrected chi connectivity index (χ4v) is 1.38. The number of aromatic nitrogens is 1. The predicted molar refractivity (Wildman–Crippen MR) is 54.0 cm³/mol. The van der Waals surface area contributed by atoms with Gasteiger partial charge < -0.3 is 10.5 Å². The molecule has 0 spiro atoms. The highest BCUT2D eigenvalue weighted by Gasteiger charge is 2.33. The Kier molecular flexibility index (Phi) is 4.64. The number of nitrogens with zero attached hydrogens (tertiary/aromatic N) is 1. The van der Waals surface area contributed by atoms with Crippen LogP contribution in [0.4, 0.5) is 22.0 Å². The molecule has 1 heterocycles. The van der Waals surface area contributed by atoms with Crippen molar-refractivity contribution in [1.82, 2.24) is 4.98 Å². The summed E-state index contributed by atoms with van der Waals surface area (Å²) in [5.74, 6) is -0.994. The van der Waals surface area contributed by atoms with Crippen molar-refractivity contribution in [3.63, 3.8) is 0 Å². The SMILES string of the molecule is NCc1nc(C(=O)Cl)c(C(F)F)cc1OC(F)(F)F. The molecule has 0 atom stereocenters. The van der Waals surface area contributed by atoms with Crippen molar-refractivity contribution in [2.45, 2.75) is 19.3 Å². The van der Waals surface area contributed by atoms with Gasteiger partial charge in [-0.3, -0.25) is 4.79 Å². The van der Waals surface area contributed by atoms with Crippen LogP contribution in [-0.2, 0) is 6.54 Å². The number of ether oxygens (including phenoxy) is 1. The quantitative estimate of drug-likeness (QED) is 0.686. The number of hydrogen-bond acceptors (Lipinski definition) is 4. The molecule has 19 heavy (non-hydrogen) atoms. The minimum Gasteiger partial charge on any atom is -0.404 e. The van der Waals surface area contributed by atoms with Crippen LogP contribution in [0.2, 0.25) is 0 Å². The second-order valence-electron chi connectivity index (χ2n) is 3.20. The number of hydrogen-bond donors (Lipinski definition) is 1. The third-order valence-corrected chi connectivity index (χ3v) is 2.11. The van der Waals surface area contributed by atoms with E-state index in [0.717, 1.165) is 0 Å². The average Bonchev–Trinajstić information content (AvgIpc) is 2.25. The van der Waals surface area contributed by atoms with Crippen molar-refractivity contribution in [3.05, 3.63) is 23.0 Å². The smallest absolute Gasteiger partial charge is 0.404 e. The van der Waals surface area contributed by atoms with Crippen LogP contribution >= 0.6 is 11.6 Å². The van der Waals surface area contributed by atoms with E-state index >= 15 is 0 Å². The van der Waals surface area contributed by atoms with E-state index in [4.69, 9.17) is 17.3 Å². The first-order valence-corrected chi connectivity index (χ1v) is 5.01. The highest BCUT2D eigenvalue weighted by atomic mass is 35.5. The standard InChI is InChI=1S/C9H6ClF5N2O2/c10-7(18)6-3(8(11)12)1-5(4(2-16)17-6)19-9(13,14)15/h1,8H,2,16H2. The van der Waals surface area contributed by atoms with Gasteiger partial charge in [-0.05, 0) is 17.7 Å². The Labute approximate surface area is 108 Å². The second-order valence-corrected chi connectivity index (χ2v) is 3.54. The molecular weight excluding hydrogens is 299 g/mol. The normalized spacial score (nSPS) is 11.8. The van der Waals surface area contributed by atoms with Crippen LogP contribution in [0.3, 0.4) is 0 Å². The van der Waals surface area contributed by atoms with Crippen LogP contribution < -0.4 is 10.5 Å². The molecule has 0 aliphatic heterocycles. The first-order chi connectivity index (χ1) is 8.65. The van der Waals surface area contributed by atoms with E-state index in [-0.39, 0.29) is 0 Å². The Balaban J connectivity index is 3.39. The fourth-order valence-electron chi connectivity index (χ4n) is 1.23. The molecule has 0 fully saturated rings. The number of pyridine rings is 1. The number of alkyl halides is 5. The van der Waals surface area contributed by atoms with Gasteiger partial charge in [0.1, 0.15) is 5.69 Å². The molecule has 0 aliphatic rings. The molecule has 0 unspecified atom stereocenters. The van der Waals surface area contributed by atoms with Gasteiger partial charge in [-0.2, -0.15) is 0 Å². The average molecular weight is 305 g/mol. The summed E-state index contributed by atoms with van der Waals surface area (Å²) in [5.41, 5.74) is 2.69. The van der Waals surface area contributed by atoms with Gasteiger partial charge >= 0.3 is 6.36 Å². The van der Waals surface area contributed by atoms with Gasteiger partial charge in [0.05, 0.1) is 11.3 Å². The highest BCUT2D eigenvalue weighted by molar-refractivity contribution is 6.67. The van der Waals surface area contributed by atoms with Gasteiger partial charge in [0.25, 0.3) is 11.7 Å². The Hall–Kier alpha value is -1.48. The van der Waals surface area contributed by atoms with Crippen molar-refractivity contribution >= 4 is 16.8 Å². The lowest BCUT2D eigenvalue weighted by molar-refractivity contribution is -0.275. The maximum atomic E-state index is 12.6. The van der Waals surface area contributed by atoms with E-state index in [1.807, 2.05) is 0 Å². The summed E-state index contributed by atoms with van der Waals surface area (Å²) < 4.78 is 65.0. The zero-order chi connectivity index (χ0) is 14.8. The molecule has 0 saturated heterocycles. The molecule has 4 nitrogen and oxygen atoms in total. The van der Waals surface area contributed by atoms with Crippen molar-refractivity contribution < 1.29 is 31.5 Å². The van der Waals surface area contributed by atoms with E-state index in [0.29, 0.717) is 6.07 Å². The summed E-state index contributed by atoms with van der Waals surface area (Å²) >= 11 is 5.03. The highest BCUT2D eigenvalue weighted by Crippen LogP contribution is 2.32. The van der Waals surface area contributed by atoms with Crippen LogP contribution in [0.25, 0.3) is 0 Å². The van der Waals surface area contributed by atoms with Crippen molar-refractivity contribution in [2.24, 2.45) is 5.73 Å². The van der Waals surface area contributed by atoms with Gasteiger partial charge in [0, 0.05) is 6.54 Å². The van der Waals surface area contributed by atoms with Crippen LogP contribution in [0.1, 0.15) is 28.2 Å². The summed E-state index contributed by atoms with van der Waals surface area (Å²) in [6.07, 6.45) is -8.34. The van der Waals surface area contributed by atoms with Gasteiger partial charge in [-0.25, -0.2) is 13.8 Å². The number of carbonyl (C=O) groups excluding carboxylic acids is 1. The minimum atomic E-state index is -5.10. The van der Waals surface area contributed by atoms with E-state index in [1.54, 1.807) is 0 Å². The molecular formula is C9H6ClF5N2O2. The Bertz CT molecular complexity index is 492. The summed E-state index contributed by atoms with van der Waals surface area (Å²) in [5, 5.41) is -1.33. The number of halogens is 6. The molecule has 0 aliphatic carbocycles. The fraction of sp³-hybridized carbons (Fsp3) is 0.333. The largest absolute Gasteiger partial charge is 0.573 e. The van der Waals surface area contributed by atoms with E-state index < -0.39 is 47.3 Å². The van der Waals surface area contributed by atoms with E-state index in [9.17, 15) is 26.7 Å². The zero-order valence-electron chi connectivity index (χ0n) is 8.97. The molecule has 0 amide bonds. The van der Waals surface area contributed by atoms with Gasteiger partial charge in [-0.15, -0.1) is 13.2 Å². The molecule has 2 N–H and O–H groups in total. The minimum absolute atomic E-state index is 0.350. The lowest BCUT2D eigenvalue weighted by Crippen LogP contribution is -2.20.